The van der Waals surface area contributed by atoms with Gasteiger partial charge in [-0.1, -0.05) is 11.3 Å². The average Bonchev–Trinajstić information content (AvgIpc) is 2.68. The van der Waals surface area contributed by atoms with Crippen LogP contribution in [0.4, 0.5) is 18.3 Å². The number of thiazole rings is 1. The molecule has 0 radical (unpaired) electrons. The summed E-state index contributed by atoms with van der Waals surface area (Å²) in [6.07, 6.45) is 0. The number of rotatable bonds is 2. The van der Waals surface area contributed by atoms with Crippen LogP contribution in [0, 0.1) is 17.5 Å². The van der Waals surface area contributed by atoms with Crippen LogP contribution in [0.2, 0.25) is 0 Å². The van der Waals surface area contributed by atoms with Crippen molar-refractivity contribution in [2.75, 3.05) is 5.32 Å². The Hall–Kier alpha value is -1.34. The number of hydrogen-bond donors (Lipinski definition) is 1. The van der Waals surface area contributed by atoms with E-state index in [1.165, 1.54) is 6.92 Å². The fourth-order valence-corrected chi connectivity index (χ4v) is 2.18. The first-order valence-electron chi connectivity index (χ1n) is 4.79. The number of carbonyl (C=O) groups is 1. The molecule has 0 fully saturated rings. The molecule has 1 aromatic heterocycles. The first kappa shape index (κ1) is 13.1. The van der Waals surface area contributed by atoms with Crippen molar-refractivity contribution in [3.63, 3.8) is 0 Å². The second kappa shape index (κ2) is 4.74. The number of carbonyl (C=O) groups excluding carboxylic acids is 1. The van der Waals surface area contributed by atoms with Gasteiger partial charge in [0.15, 0.2) is 22.6 Å². The summed E-state index contributed by atoms with van der Waals surface area (Å²) < 4.78 is 39.4. The molecule has 1 aromatic carbocycles. The van der Waals surface area contributed by atoms with Gasteiger partial charge >= 0.3 is 0 Å². The number of anilines is 1. The highest BCUT2D eigenvalue weighted by Gasteiger charge is 2.19. The maximum Gasteiger partial charge on any atom is 0.243 e. The van der Waals surface area contributed by atoms with Crippen molar-refractivity contribution in [1.29, 1.82) is 0 Å². The largest absolute Gasteiger partial charge is 0.301 e. The lowest BCUT2D eigenvalue weighted by Gasteiger charge is -2.01. The topological polar surface area (TPSA) is 42.0 Å². The third kappa shape index (κ3) is 2.28. The first-order chi connectivity index (χ1) is 8.40. The van der Waals surface area contributed by atoms with Gasteiger partial charge in [0.25, 0.3) is 0 Å². The lowest BCUT2D eigenvalue weighted by molar-refractivity contribution is -0.115. The Morgan fingerprint density at radius 2 is 2.11 bits per heavy atom. The lowest BCUT2D eigenvalue weighted by Crippen LogP contribution is -2.20. The van der Waals surface area contributed by atoms with Crippen LogP contribution >= 0.6 is 22.9 Å². The Morgan fingerprint density at radius 3 is 2.72 bits per heavy atom. The number of fused-ring (bicyclic) bond motifs is 1. The number of aromatic nitrogens is 1. The molecule has 0 saturated carbocycles. The van der Waals surface area contributed by atoms with E-state index in [9.17, 15) is 18.0 Å². The van der Waals surface area contributed by atoms with Crippen molar-refractivity contribution < 1.29 is 18.0 Å². The van der Waals surface area contributed by atoms with Gasteiger partial charge in [-0.15, -0.1) is 11.6 Å². The Labute approximate surface area is 109 Å². The molecule has 8 heteroatoms. The monoisotopic (exact) mass is 294 g/mol. The van der Waals surface area contributed by atoms with E-state index < -0.39 is 28.7 Å². The normalized spacial score (nSPS) is 12.7. The van der Waals surface area contributed by atoms with Crippen LogP contribution in [0.5, 0.6) is 0 Å². The van der Waals surface area contributed by atoms with Gasteiger partial charge in [-0.2, -0.15) is 0 Å². The van der Waals surface area contributed by atoms with Crippen molar-refractivity contribution >= 4 is 44.2 Å². The van der Waals surface area contributed by atoms with E-state index in [0.717, 1.165) is 17.4 Å². The molecule has 1 N–H and O–H groups in total. The maximum atomic E-state index is 13.4. The molecule has 1 atom stereocenters. The zero-order valence-electron chi connectivity index (χ0n) is 8.93. The zero-order chi connectivity index (χ0) is 13.4. The molecule has 0 aliphatic rings. The summed E-state index contributed by atoms with van der Waals surface area (Å²) in [7, 11) is 0. The number of nitrogens with one attached hydrogen (secondary N) is 1. The second-order valence-corrected chi connectivity index (χ2v) is 5.14. The van der Waals surface area contributed by atoms with Gasteiger partial charge in [0, 0.05) is 0 Å². The molecule has 18 heavy (non-hydrogen) atoms. The minimum absolute atomic E-state index is 0.0337. The summed E-state index contributed by atoms with van der Waals surface area (Å²) >= 11 is 6.36. The van der Waals surface area contributed by atoms with E-state index in [2.05, 4.69) is 10.3 Å². The van der Waals surface area contributed by atoms with Gasteiger partial charge in [0.2, 0.25) is 5.91 Å². The number of halogens is 4. The molecule has 3 nitrogen and oxygen atoms in total. The Balaban J connectivity index is 2.45. The van der Waals surface area contributed by atoms with Crippen LogP contribution in [-0.4, -0.2) is 16.3 Å². The Bertz CT molecular complexity index is 629. The van der Waals surface area contributed by atoms with E-state index in [1.807, 2.05) is 0 Å². The third-order valence-corrected chi connectivity index (χ3v) is 3.23. The van der Waals surface area contributed by atoms with Crippen molar-refractivity contribution in [3.05, 3.63) is 23.5 Å². The SMILES string of the molecule is CC(Cl)C(=O)Nc1nc2c(F)c(F)c(F)cc2s1. The lowest BCUT2D eigenvalue weighted by atomic mass is 10.3. The standard InChI is InChI=1S/C10H6ClF3N2OS/c1-3(11)9(17)16-10-15-8-5(18-10)2-4(12)6(13)7(8)14/h2-3H,1H3,(H,15,16,17). The van der Waals surface area contributed by atoms with Crippen LogP contribution in [0.3, 0.4) is 0 Å². The van der Waals surface area contributed by atoms with Crippen LogP contribution < -0.4 is 5.32 Å². The zero-order valence-corrected chi connectivity index (χ0v) is 10.5. The van der Waals surface area contributed by atoms with Gasteiger partial charge in [-0.3, -0.25) is 4.79 Å². The number of alkyl halides is 1. The Kier molecular flexibility index (Phi) is 3.45. The molecule has 0 saturated heterocycles. The first-order valence-corrected chi connectivity index (χ1v) is 6.04. The van der Waals surface area contributed by atoms with Gasteiger partial charge in [0.05, 0.1) is 4.70 Å². The molecule has 0 bridgehead atoms. The summed E-state index contributed by atoms with van der Waals surface area (Å²) in [5, 5.41) is 1.56. The summed E-state index contributed by atoms with van der Waals surface area (Å²) in [4.78, 5) is 15.0. The Morgan fingerprint density at radius 1 is 1.44 bits per heavy atom. The van der Waals surface area contributed by atoms with Gasteiger partial charge in [-0.05, 0) is 13.0 Å². The summed E-state index contributed by atoms with van der Waals surface area (Å²) in [5.74, 6) is -4.79. The molecular weight excluding hydrogens is 289 g/mol. The highest BCUT2D eigenvalue weighted by atomic mass is 35.5. The molecule has 2 aromatic rings. The molecular formula is C10H6ClF3N2OS. The smallest absolute Gasteiger partial charge is 0.243 e. The molecule has 0 spiro atoms. The van der Waals surface area contributed by atoms with Crippen molar-refractivity contribution in [3.8, 4) is 0 Å². The average molecular weight is 295 g/mol. The van der Waals surface area contributed by atoms with Crippen LogP contribution in [0.1, 0.15) is 6.92 Å². The summed E-state index contributed by atoms with van der Waals surface area (Å²) in [6.45, 7) is 1.45. The molecule has 2 rings (SSSR count). The van der Waals surface area contributed by atoms with Crippen molar-refractivity contribution in [1.82, 2.24) is 4.98 Å². The van der Waals surface area contributed by atoms with E-state index in [4.69, 9.17) is 11.6 Å². The predicted octanol–water partition coefficient (Wildman–Crippen LogP) is 3.28. The minimum Gasteiger partial charge on any atom is -0.301 e. The molecule has 1 amide bonds. The molecule has 1 unspecified atom stereocenters. The molecule has 0 aliphatic heterocycles. The number of nitrogens with zero attached hydrogens (tertiary/aromatic N) is 1. The highest BCUT2D eigenvalue weighted by molar-refractivity contribution is 7.22. The fraction of sp³-hybridized carbons (Fsp3) is 0.200. The van der Waals surface area contributed by atoms with E-state index >= 15 is 0 Å². The molecule has 1 heterocycles. The molecule has 0 aliphatic carbocycles. The van der Waals surface area contributed by atoms with Crippen LogP contribution in [0.25, 0.3) is 10.2 Å². The van der Waals surface area contributed by atoms with E-state index in [-0.39, 0.29) is 15.3 Å². The van der Waals surface area contributed by atoms with E-state index in [1.54, 1.807) is 0 Å². The van der Waals surface area contributed by atoms with Gasteiger partial charge < -0.3 is 5.32 Å². The summed E-state index contributed by atoms with van der Waals surface area (Å²) in [6, 6.07) is 0.825. The second-order valence-electron chi connectivity index (χ2n) is 3.46. The number of benzene rings is 1. The third-order valence-electron chi connectivity index (χ3n) is 2.11. The van der Waals surface area contributed by atoms with Crippen molar-refractivity contribution in [2.45, 2.75) is 12.3 Å². The fourth-order valence-electron chi connectivity index (χ4n) is 1.23. The number of amides is 1. The summed E-state index contributed by atoms with van der Waals surface area (Å²) in [5.41, 5.74) is -0.323. The highest BCUT2D eigenvalue weighted by Crippen LogP contribution is 2.30. The quantitative estimate of drug-likeness (QED) is 0.682. The van der Waals surface area contributed by atoms with E-state index in [0.29, 0.717) is 0 Å². The van der Waals surface area contributed by atoms with Crippen LogP contribution in [-0.2, 0) is 4.79 Å². The molecule has 96 valence electrons. The van der Waals surface area contributed by atoms with Crippen molar-refractivity contribution in [2.24, 2.45) is 0 Å². The maximum absolute atomic E-state index is 13.4. The minimum atomic E-state index is -1.59. The predicted molar refractivity (Wildman–Crippen MR) is 63.4 cm³/mol. The van der Waals surface area contributed by atoms with Gasteiger partial charge in [0.1, 0.15) is 10.9 Å². The van der Waals surface area contributed by atoms with Crippen LogP contribution in [0.15, 0.2) is 6.07 Å². The van der Waals surface area contributed by atoms with Gasteiger partial charge in [-0.25, -0.2) is 18.2 Å². The number of hydrogen-bond acceptors (Lipinski definition) is 3.